The molecule has 0 saturated carbocycles. The van der Waals surface area contributed by atoms with E-state index in [-0.39, 0.29) is 5.91 Å². The molecule has 21 heavy (non-hydrogen) atoms. The number of benzene rings is 2. The van der Waals surface area contributed by atoms with Gasteiger partial charge >= 0.3 is 0 Å². The van der Waals surface area contributed by atoms with Gasteiger partial charge in [-0.3, -0.25) is 4.79 Å². The van der Waals surface area contributed by atoms with Crippen LogP contribution in [0.4, 0.5) is 0 Å². The van der Waals surface area contributed by atoms with Crippen LogP contribution in [0.3, 0.4) is 0 Å². The summed E-state index contributed by atoms with van der Waals surface area (Å²) in [5.74, 6) is -0.293. The molecule has 0 saturated heterocycles. The van der Waals surface area contributed by atoms with E-state index >= 15 is 0 Å². The SMILES string of the molecule is CO[C@H](C(=O)N/N=C(/C)c1ccccc1)c1ccccc1. The summed E-state index contributed by atoms with van der Waals surface area (Å²) in [6, 6.07) is 19.0. The molecule has 4 nitrogen and oxygen atoms in total. The molecule has 2 aromatic carbocycles. The highest BCUT2D eigenvalue weighted by Crippen LogP contribution is 2.16. The van der Waals surface area contributed by atoms with Crippen LogP contribution in [0.15, 0.2) is 65.8 Å². The summed E-state index contributed by atoms with van der Waals surface area (Å²) in [6.07, 6.45) is -0.668. The number of methoxy groups -OCH3 is 1. The molecule has 0 aliphatic carbocycles. The van der Waals surface area contributed by atoms with E-state index < -0.39 is 6.10 Å². The third-order valence-corrected chi connectivity index (χ3v) is 3.10. The van der Waals surface area contributed by atoms with E-state index in [1.54, 1.807) is 0 Å². The minimum atomic E-state index is -0.668. The second kappa shape index (κ2) is 7.36. The first-order valence-corrected chi connectivity index (χ1v) is 6.69. The lowest BCUT2D eigenvalue weighted by molar-refractivity contribution is -0.131. The Labute approximate surface area is 124 Å². The standard InChI is InChI=1S/C17H18N2O2/c1-13(14-9-5-3-6-10-14)18-19-17(20)16(21-2)15-11-7-4-8-12-15/h3-12,16H,1-2H3,(H,19,20)/b18-13-/t16-/m0/s1. The van der Waals surface area contributed by atoms with Gasteiger partial charge in [-0.15, -0.1) is 0 Å². The van der Waals surface area contributed by atoms with Crippen molar-refractivity contribution in [3.05, 3.63) is 71.8 Å². The zero-order valence-corrected chi connectivity index (χ0v) is 12.1. The topological polar surface area (TPSA) is 50.7 Å². The highest BCUT2D eigenvalue weighted by Gasteiger charge is 2.19. The fourth-order valence-electron chi connectivity index (χ4n) is 1.96. The van der Waals surface area contributed by atoms with Crippen molar-refractivity contribution >= 4 is 11.6 Å². The number of amides is 1. The molecule has 1 atom stereocenters. The first-order chi connectivity index (χ1) is 10.2. The lowest BCUT2D eigenvalue weighted by Gasteiger charge is -2.13. The van der Waals surface area contributed by atoms with Crippen LogP contribution in [0.25, 0.3) is 0 Å². The van der Waals surface area contributed by atoms with E-state index in [9.17, 15) is 4.79 Å². The summed E-state index contributed by atoms with van der Waals surface area (Å²) < 4.78 is 5.25. The maximum atomic E-state index is 12.2. The molecule has 2 rings (SSSR count). The summed E-state index contributed by atoms with van der Waals surface area (Å²) in [5.41, 5.74) is 5.06. The van der Waals surface area contributed by atoms with Crippen molar-refractivity contribution in [1.82, 2.24) is 5.43 Å². The Kier molecular flexibility index (Phi) is 5.23. The number of rotatable bonds is 5. The van der Waals surface area contributed by atoms with Gasteiger partial charge in [-0.05, 0) is 18.1 Å². The molecular weight excluding hydrogens is 264 g/mol. The van der Waals surface area contributed by atoms with E-state index in [0.29, 0.717) is 0 Å². The summed E-state index contributed by atoms with van der Waals surface area (Å²) >= 11 is 0. The molecule has 0 fully saturated rings. The maximum Gasteiger partial charge on any atom is 0.273 e. The monoisotopic (exact) mass is 282 g/mol. The summed E-state index contributed by atoms with van der Waals surface area (Å²) in [6.45, 7) is 1.85. The number of hydrazone groups is 1. The highest BCUT2D eigenvalue weighted by atomic mass is 16.5. The Bertz CT molecular complexity index is 609. The Morgan fingerprint density at radius 3 is 2.19 bits per heavy atom. The minimum Gasteiger partial charge on any atom is -0.367 e. The Morgan fingerprint density at radius 1 is 1.05 bits per heavy atom. The minimum absolute atomic E-state index is 0.293. The Morgan fingerprint density at radius 2 is 1.62 bits per heavy atom. The molecule has 4 heteroatoms. The van der Waals surface area contributed by atoms with Gasteiger partial charge in [-0.25, -0.2) is 5.43 Å². The van der Waals surface area contributed by atoms with Crippen molar-refractivity contribution in [2.24, 2.45) is 5.10 Å². The first-order valence-electron chi connectivity index (χ1n) is 6.69. The normalized spacial score (nSPS) is 12.8. The van der Waals surface area contributed by atoms with Gasteiger partial charge in [0.05, 0.1) is 5.71 Å². The molecule has 108 valence electrons. The zero-order valence-electron chi connectivity index (χ0n) is 12.1. The molecule has 1 N–H and O–H groups in total. The van der Waals surface area contributed by atoms with Crippen LogP contribution in [0, 0.1) is 0 Å². The van der Waals surface area contributed by atoms with E-state index in [2.05, 4.69) is 10.5 Å². The third kappa shape index (κ3) is 4.00. The van der Waals surface area contributed by atoms with Crippen molar-refractivity contribution in [3.8, 4) is 0 Å². The number of hydrogen-bond acceptors (Lipinski definition) is 3. The summed E-state index contributed by atoms with van der Waals surface area (Å²) in [5, 5.41) is 4.13. The van der Waals surface area contributed by atoms with Crippen LogP contribution in [-0.4, -0.2) is 18.7 Å². The molecule has 0 aliphatic heterocycles. The lowest BCUT2D eigenvalue weighted by Crippen LogP contribution is -2.27. The van der Waals surface area contributed by atoms with Gasteiger partial charge in [0.2, 0.25) is 0 Å². The number of ether oxygens (including phenoxy) is 1. The largest absolute Gasteiger partial charge is 0.367 e. The predicted molar refractivity (Wildman–Crippen MR) is 83.0 cm³/mol. The average Bonchev–Trinajstić information content (AvgIpc) is 2.55. The van der Waals surface area contributed by atoms with E-state index in [1.807, 2.05) is 67.6 Å². The van der Waals surface area contributed by atoms with Gasteiger partial charge in [0.15, 0.2) is 6.10 Å². The van der Waals surface area contributed by atoms with Gasteiger partial charge in [-0.2, -0.15) is 5.10 Å². The van der Waals surface area contributed by atoms with E-state index in [4.69, 9.17) is 4.74 Å². The van der Waals surface area contributed by atoms with Crippen molar-refractivity contribution in [3.63, 3.8) is 0 Å². The third-order valence-electron chi connectivity index (χ3n) is 3.10. The molecule has 0 unspecified atom stereocenters. The molecule has 0 spiro atoms. The van der Waals surface area contributed by atoms with Gasteiger partial charge in [0.1, 0.15) is 0 Å². The van der Waals surface area contributed by atoms with Crippen LogP contribution in [0.5, 0.6) is 0 Å². The smallest absolute Gasteiger partial charge is 0.273 e. The highest BCUT2D eigenvalue weighted by molar-refractivity contribution is 5.99. The molecule has 0 aliphatic rings. The number of nitrogens with zero attached hydrogens (tertiary/aromatic N) is 1. The van der Waals surface area contributed by atoms with Crippen molar-refractivity contribution in [2.75, 3.05) is 7.11 Å². The summed E-state index contributed by atoms with van der Waals surface area (Å²) in [7, 11) is 1.50. The number of nitrogens with one attached hydrogen (secondary N) is 1. The molecule has 2 aromatic rings. The quantitative estimate of drug-likeness (QED) is 0.677. The van der Waals surface area contributed by atoms with E-state index in [1.165, 1.54) is 7.11 Å². The first kappa shape index (κ1) is 14.9. The number of carbonyl (C=O) groups excluding carboxylic acids is 1. The van der Waals surface area contributed by atoms with Crippen LogP contribution in [0.1, 0.15) is 24.2 Å². The molecule has 0 heterocycles. The molecule has 0 aromatic heterocycles. The van der Waals surface area contributed by atoms with E-state index in [0.717, 1.165) is 16.8 Å². The molecule has 0 radical (unpaired) electrons. The van der Waals surface area contributed by atoms with Crippen molar-refractivity contribution in [1.29, 1.82) is 0 Å². The van der Waals surface area contributed by atoms with Crippen LogP contribution >= 0.6 is 0 Å². The van der Waals surface area contributed by atoms with Crippen LogP contribution < -0.4 is 5.43 Å². The van der Waals surface area contributed by atoms with Crippen LogP contribution in [-0.2, 0) is 9.53 Å². The predicted octanol–water partition coefficient (Wildman–Crippen LogP) is 2.91. The lowest BCUT2D eigenvalue weighted by atomic mass is 10.1. The second-order valence-corrected chi connectivity index (χ2v) is 4.57. The zero-order chi connectivity index (χ0) is 15.1. The van der Waals surface area contributed by atoms with Gasteiger partial charge in [0.25, 0.3) is 5.91 Å². The summed E-state index contributed by atoms with van der Waals surface area (Å²) in [4.78, 5) is 12.2. The maximum absolute atomic E-state index is 12.2. The second-order valence-electron chi connectivity index (χ2n) is 4.57. The molecule has 0 bridgehead atoms. The Balaban J connectivity index is 2.07. The Hall–Kier alpha value is -2.46. The van der Waals surface area contributed by atoms with Gasteiger partial charge < -0.3 is 4.74 Å². The van der Waals surface area contributed by atoms with Crippen LogP contribution in [0.2, 0.25) is 0 Å². The van der Waals surface area contributed by atoms with Crippen molar-refractivity contribution < 1.29 is 9.53 Å². The molecule has 1 amide bonds. The van der Waals surface area contributed by atoms with Crippen molar-refractivity contribution in [2.45, 2.75) is 13.0 Å². The van der Waals surface area contributed by atoms with Gasteiger partial charge in [-0.1, -0.05) is 60.7 Å². The van der Waals surface area contributed by atoms with Gasteiger partial charge in [0, 0.05) is 7.11 Å². The average molecular weight is 282 g/mol. The number of carbonyl (C=O) groups is 1. The molecular formula is C17H18N2O2. The fraction of sp³-hybridized carbons (Fsp3) is 0.176. The fourth-order valence-corrected chi connectivity index (χ4v) is 1.96. The number of hydrogen-bond donors (Lipinski definition) is 1.